The van der Waals surface area contributed by atoms with Crippen LogP contribution in [0.3, 0.4) is 0 Å². The maximum atomic E-state index is 8.31. The first-order valence-corrected chi connectivity index (χ1v) is 10.4. The second kappa shape index (κ2) is 6.14. The third-order valence-corrected chi connectivity index (χ3v) is 6.22. The van der Waals surface area contributed by atoms with Crippen molar-refractivity contribution in [2.75, 3.05) is 7.11 Å². The topological polar surface area (TPSA) is 45.1 Å². The zero-order valence-corrected chi connectivity index (χ0v) is 17.2. The summed E-state index contributed by atoms with van der Waals surface area (Å²) < 4.78 is 40.0. The van der Waals surface area contributed by atoms with E-state index in [0.717, 1.165) is 43.7 Å². The molecule has 154 valence electrons. The number of imidazole rings is 1. The van der Waals surface area contributed by atoms with Crippen molar-refractivity contribution in [2.24, 2.45) is 6.98 Å². The number of hydrogen-bond acceptors (Lipinski definition) is 3. The third kappa shape index (κ3) is 2.15. The molecule has 0 bridgehead atoms. The average Bonchev–Trinajstić information content (AvgIpc) is 3.51. The van der Waals surface area contributed by atoms with E-state index < -0.39 is 6.98 Å². The highest BCUT2D eigenvalue weighted by atomic mass is 16.5. The van der Waals surface area contributed by atoms with Gasteiger partial charge in [0, 0.05) is 33.3 Å². The van der Waals surface area contributed by atoms with Gasteiger partial charge in [-0.1, -0.05) is 30.3 Å². The van der Waals surface area contributed by atoms with Gasteiger partial charge in [0.1, 0.15) is 16.9 Å². The number of aromatic nitrogens is 3. The molecule has 0 aliphatic carbocycles. The first kappa shape index (κ1) is 14.7. The molecule has 0 fully saturated rings. The van der Waals surface area contributed by atoms with Gasteiger partial charge in [0.05, 0.1) is 34.6 Å². The normalized spacial score (nSPS) is 13.8. The quantitative estimate of drug-likeness (QED) is 0.317. The predicted octanol–water partition coefficient (Wildman–Crippen LogP) is 6.58. The summed E-state index contributed by atoms with van der Waals surface area (Å²) in [6.07, 6.45) is 0. The molecule has 0 amide bonds. The van der Waals surface area contributed by atoms with Crippen molar-refractivity contribution < 1.29 is 13.3 Å². The fourth-order valence-corrected chi connectivity index (χ4v) is 4.77. The van der Waals surface area contributed by atoms with Crippen molar-refractivity contribution in [1.29, 1.82) is 0 Å². The van der Waals surface area contributed by atoms with Crippen molar-refractivity contribution in [2.45, 2.75) is 0 Å². The number of nitrogens with zero attached hydrogens (tertiary/aromatic N) is 3. The van der Waals surface area contributed by atoms with Crippen LogP contribution < -0.4 is 4.74 Å². The van der Waals surface area contributed by atoms with E-state index >= 15 is 0 Å². The smallest absolute Gasteiger partial charge is 0.215 e. The molecule has 3 heterocycles. The van der Waals surface area contributed by atoms with E-state index in [0.29, 0.717) is 22.7 Å². The average molecular weight is 420 g/mol. The number of rotatable bonds is 2. The van der Waals surface area contributed by atoms with Crippen molar-refractivity contribution in [1.82, 2.24) is 14.1 Å². The SMILES string of the molecule is [2H]C([2H])([2H])n1c(-n2c3cc(OC)ccc3c3c4oc5ccccc5c4ccc32)nc2ccccc21. The van der Waals surface area contributed by atoms with Gasteiger partial charge in [-0.2, -0.15) is 0 Å². The molecule has 32 heavy (non-hydrogen) atoms. The molecule has 0 saturated heterocycles. The molecule has 4 aromatic carbocycles. The highest BCUT2D eigenvalue weighted by molar-refractivity contribution is 6.23. The number of fused-ring (bicyclic) bond motifs is 8. The van der Waals surface area contributed by atoms with E-state index in [1.54, 1.807) is 13.2 Å². The van der Waals surface area contributed by atoms with E-state index in [2.05, 4.69) is 0 Å². The molecule has 0 unspecified atom stereocenters. The monoisotopic (exact) mass is 420 g/mol. The largest absolute Gasteiger partial charge is 0.497 e. The maximum absolute atomic E-state index is 8.31. The number of furan rings is 1. The Labute approximate surface area is 187 Å². The molecule has 5 nitrogen and oxygen atoms in total. The Hall–Kier alpha value is -4.25. The summed E-state index contributed by atoms with van der Waals surface area (Å²) in [5.74, 6) is 0.980. The summed E-state index contributed by atoms with van der Waals surface area (Å²) in [7, 11) is 1.61. The molecule has 5 heteroatoms. The van der Waals surface area contributed by atoms with Crippen LogP contribution in [0.2, 0.25) is 0 Å². The van der Waals surface area contributed by atoms with Gasteiger partial charge in [-0.25, -0.2) is 4.98 Å². The van der Waals surface area contributed by atoms with Crippen LogP contribution in [0, 0.1) is 0 Å². The third-order valence-electron chi connectivity index (χ3n) is 6.22. The van der Waals surface area contributed by atoms with Gasteiger partial charge < -0.3 is 13.7 Å². The number of hydrogen-bond donors (Lipinski definition) is 0. The number of benzene rings is 4. The summed E-state index contributed by atoms with van der Waals surface area (Å²) >= 11 is 0. The summed E-state index contributed by atoms with van der Waals surface area (Å²) in [5.41, 5.74) is 4.31. The lowest BCUT2D eigenvalue weighted by molar-refractivity contribution is 0.415. The van der Waals surface area contributed by atoms with Crippen LogP contribution in [0.1, 0.15) is 4.11 Å². The van der Waals surface area contributed by atoms with Gasteiger partial charge in [0.25, 0.3) is 0 Å². The molecule has 0 spiro atoms. The van der Waals surface area contributed by atoms with E-state index in [1.165, 1.54) is 4.57 Å². The van der Waals surface area contributed by atoms with Gasteiger partial charge in [-0.3, -0.25) is 4.57 Å². The lowest BCUT2D eigenvalue weighted by Crippen LogP contribution is -2.03. The highest BCUT2D eigenvalue weighted by Gasteiger charge is 2.21. The summed E-state index contributed by atoms with van der Waals surface area (Å²) in [6, 6.07) is 25.1. The van der Waals surface area contributed by atoms with Gasteiger partial charge in [-0.05, 0) is 42.5 Å². The maximum Gasteiger partial charge on any atom is 0.215 e. The number of aryl methyl sites for hydroxylation is 1. The Bertz CT molecular complexity index is 1940. The van der Waals surface area contributed by atoms with Crippen LogP contribution >= 0.6 is 0 Å². The van der Waals surface area contributed by atoms with Gasteiger partial charge >= 0.3 is 0 Å². The van der Waals surface area contributed by atoms with Crippen LogP contribution in [0.5, 0.6) is 5.75 Å². The van der Waals surface area contributed by atoms with Gasteiger partial charge in [-0.15, -0.1) is 0 Å². The van der Waals surface area contributed by atoms with E-state index in [-0.39, 0.29) is 0 Å². The van der Waals surface area contributed by atoms with Crippen molar-refractivity contribution in [3.8, 4) is 11.7 Å². The first-order chi connectivity index (χ1) is 17.0. The van der Waals surface area contributed by atoms with Gasteiger partial charge in [0.2, 0.25) is 5.95 Å². The van der Waals surface area contributed by atoms with Crippen LogP contribution in [0.15, 0.2) is 83.3 Å². The van der Waals surface area contributed by atoms with Crippen molar-refractivity contribution >= 4 is 54.8 Å². The molecule has 0 aliphatic rings. The minimum Gasteiger partial charge on any atom is -0.497 e. The first-order valence-electron chi connectivity index (χ1n) is 11.9. The van der Waals surface area contributed by atoms with Crippen molar-refractivity contribution in [3.63, 3.8) is 0 Å². The Balaban J connectivity index is 1.71. The number of methoxy groups -OCH3 is 1. The highest BCUT2D eigenvalue weighted by Crippen LogP contribution is 2.41. The molecule has 7 aromatic rings. The molecule has 0 radical (unpaired) electrons. The number of ether oxygens (including phenoxy) is 1. The Kier molecular flexibility index (Phi) is 2.82. The fourth-order valence-electron chi connectivity index (χ4n) is 4.77. The van der Waals surface area contributed by atoms with Crippen LogP contribution in [0.25, 0.3) is 60.7 Å². The van der Waals surface area contributed by atoms with E-state index in [9.17, 15) is 0 Å². The fraction of sp³-hybridized carbons (Fsp3) is 0.0741. The minimum absolute atomic E-state index is 0.315. The van der Waals surface area contributed by atoms with E-state index in [4.69, 9.17) is 18.3 Å². The Morgan fingerprint density at radius 1 is 0.844 bits per heavy atom. The second-order valence-electron chi connectivity index (χ2n) is 7.89. The zero-order chi connectivity index (χ0) is 23.9. The Morgan fingerprint density at radius 2 is 1.69 bits per heavy atom. The molecule has 0 aliphatic heterocycles. The molecule has 0 saturated carbocycles. The number of para-hydroxylation sites is 3. The van der Waals surface area contributed by atoms with Gasteiger partial charge in [0.15, 0.2) is 0 Å². The lowest BCUT2D eigenvalue weighted by atomic mass is 10.1. The predicted molar refractivity (Wildman–Crippen MR) is 129 cm³/mol. The molecule has 3 aromatic heterocycles. The second-order valence-corrected chi connectivity index (χ2v) is 7.89. The van der Waals surface area contributed by atoms with Crippen molar-refractivity contribution in [3.05, 3.63) is 78.9 Å². The minimum atomic E-state index is -2.43. The summed E-state index contributed by atoms with van der Waals surface area (Å²) in [6.45, 7) is -2.43. The molecule has 0 atom stereocenters. The van der Waals surface area contributed by atoms with Crippen LogP contribution in [-0.4, -0.2) is 21.2 Å². The summed E-state index contributed by atoms with van der Waals surface area (Å²) in [5, 5.41) is 3.87. The standard InChI is InChI=1S/C27H19N3O2/c1-29-21-9-5-4-8-20(21)28-27(29)30-22-14-13-18-17-7-3-6-10-24(17)32-26(18)25(22)19-12-11-16(31-2)15-23(19)30/h3-15H,1-2H3/i1D3. The molecular weight excluding hydrogens is 398 g/mol. The Morgan fingerprint density at radius 3 is 2.59 bits per heavy atom. The van der Waals surface area contributed by atoms with Crippen LogP contribution in [-0.2, 0) is 6.98 Å². The summed E-state index contributed by atoms with van der Waals surface area (Å²) in [4.78, 5) is 4.79. The molecule has 7 rings (SSSR count). The molecule has 0 N–H and O–H groups in total. The zero-order valence-electron chi connectivity index (χ0n) is 20.2. The lowest BCUT2D eigenvalue weighted by Gasteiger charge is -2.08. The van der Waals surface area contributed by atoms with Crippen LogP contribution in [0.4, 0.5) is 0 Å². The molecular formula is C27H19N3O2. The van der Waals surface area contributed by atoms with E-state index in [1.807, 2.05) is 77.4 Å².